The Hall–Kier alpha value is -0.0800. The highest BCUT2D eigenvalue weighted by Crippen LogP contribution is 2.34. The highest BCUT2D eigenvalue weighted by atomic mass is 16.3. The van der Waals surface area contributed by atoms with Crippen molar-refractivity contribution in [2.75, 3.05) is 19.6 Å². The van der Waals surface area contributed by atoms with E-state index in [-0.39, 0.29) is 0 Å². The smallest absolute Gasteiger partial charge is 0.0743 e. The van der Waals surface area contributed by atoms with Crippen LogP contribution in [0.1, 0.15) is 41.0 Å². The Morgan fingerprint density at radius 1 is 1.21 bits per heavy atom. The molecule has 84 valence electrons. The zero-order valence-corrected chi connectivity index (χ0v) is 10.3. The maximum absolute atomic E-state index is 9.91. The molecule has 0 aromatic heterocycles. The van der Waals surface area contributed by atoms with Crippen molar-refractivity contribution in [2.45, 2.75) is 46.6 Å². The van der Waals surface area contributed by atoms with E-state index in [0.717, 1.165) is 32.0 Å². The van der Waals surface area contributed by atoms with E-state index >= 15 is 0 Å². The van der Waals surface area contributed by atoms with Gasteiger partial charge in [-0.05, 0) is 24.7 Å². The summed E-state index contributed by atoms with van der Waals surface area (Å²) in [5.41, 5.74) is -0.0720. The lowest BCUT2D eigenvalue weighted by molar-refractivity contribution is -0.0461. The molecular formula is C12H25NO. The molecule has 2 heteroatoms. The number of hydrogen-bond donors (Lipinski definition) is 1. The molecule has 1 heterocycles. The molecule has 0 spiro atoms. The molecule has 14 heavy (non-hydrogen) atoms. The molecule has 1 rings (SSSR count). The van der Waals surface area contributed by atoms with Crippen molar-refractivity contribution >= 4 is 0 Å². The van der Waals surface area contributed by atoms with Gasteiger partial charge in [-0.3, -0.25) is 4.90 Å². The molecule has 0 aromatic rings. The van der Waals surface area contributed by atoms with Gasteiger partial charge in [-0.2, -0.15) is 0 Å². The molecular weight excluding hydrogens is 174 g/mol. The van der Waals surface area contributed by atoms with Gasteiger partial charge in [0.25, 0.3) is 0 Å². The summed E-state index contributed by atoms with van der Waals surface area (Å²) < 4.78 is 0. The first kappa shape index (κ1) is 12.0. The van der Waals surface area contributed by atoms with Crippen molar-refractivity contribution in [3.05, 3.63) is 0 Å². The molecule has 0 radical (unpaired) electrons. The molecule has 2 nitrogen and oxygen atoms in total. The van der Waals surface area contributed by atoms with Crippen LogP contribution in [0.3, 0.4) is 0 Å². The van der Waals surface area contributed by atoms with Gasteiger partial charge >= 0.3 is 0 Å². The number of nitrogens with zero attached hydrogens (tertiary/aromatic N) is 1. The van der Waals surface area contributed by atoms with E-state index in [2.05, 4.69) is 25.7 Å². The van der Waals surface area contributed by atoms with Crippen molar-refractivity contribution in [1.29, 1.82) is 0 Å². The van der Waals surface area contributed by atoms with Gasteiger partial charge in [0, 0.05) is 19.6 Å². The summed E-state index contributed by atoms with van der Waals surface area (Å²) in [6, 6.07) is 0. The van der Waals surface area contributed by atoms with Crippen molar-refractivity contribution in [2.24, 2.45) is 11.3 Å². The highest BCUT2D eigenvalue weighted by Gasteiger charge is 2.37. The van der Waals surface area contributed by atoms with Gasteiger partial charge in [0.05, 0.1) is 5.60 Å². The number of rotatable bonds is 3. The molecule has 0 saturated carbocycles. The first-order valence-corrected chi connectivity index (χ1v) is 5.69. The van der Waals surface area contributed by atoms with E-state index in [9.17, 15) is 5.11 Å². The second kappa shape index (κ2) is 3.82. The van der Waals surface area contributed by atoms with Crippen LogP contribution in [0.15, 0.2) is 0 Å². The lowest BCUT2D eigenvalue weighted by atomic mass is 9.75. The lowest BCUT2D eigenvalue weighted by Gasteiger charge is -2.48. The summed E-state index contributed by atoms with van der Waals surface area (Å²) in [6.07, 6.45) is 0.837. The Bertz CT molecular complexity index is 187. The van der Waals surface area contributed by atoms with Crippen LogP contribution in [0.2, 0.25) is 0 Å². The van der Waals surface area contributed by atoms with E-state index in [0.29, 0.717) is 5.41 Å². The average Bonchev–Trinajstić information content (AvgIpc) is 1.94. The zero-order chi connectivity index (χ0) is 11.0. The lowest BCUT2D eigenvalue weighted by Crippen LogP contribution is -2.56. The Balaban J connectivity index is 2.29. The van der Waals surface area contributed by atoms with Crippen LogP contribution in [0.4, 0.5) is 0 Å². The SMILES string of the molecule is CCC(C)(O)CN1CC(C(C)(C)C)C1. The monoisotopic (exact) mass is 199 g/mol. The largest absolute Gasteiger partial charge is 0.389 e. The van der Waals surface area contributed by atoms with Crippen LogP contribution in [0.5, 0.6) is 0 Å². The van der Waals surface area contributed by atoms with Crippen LogP contribution in [0.25, 0.3) is 0 Å². The van der Waals surface area contributed by atoms with Crippen LogP contribution in [-0.4, -0.2) is 35.2 Å². The van der Waals surface area contributed by atoms with E-state index in [1.165, 1.54) is 0 Å². The predicted octanol–water partition coefficient (Wildman–Crippen LogP) is 2.13. The topological polar surface area (TPSA) is 23.5 Å². The van der Waals surface area contributed by atoms with Gasteiger partial charge < -0.3 is 5.11 Å². The highest BCUT2D eigenvalue weighted by molar-refractivity contribution is 4.90. The minimum absolute atomic E-state index is 0.425. The number of likely N-dealkylation sites (tertiary alicyclic amines) is 1. The summed E-state index contributed by atoms with van der Waals surface area (Å²) in [5, 5.41) is 9.91. The molecule has 1 atom stereocenters. The summed E-state index contributed by atoms with van der Waals surface area (Å²) in [7, 11) is 0. The Morgan fingerprint density at radius 2 is 1.71 bits per heavy atom. The third kappa shape index (κ3) is 2.96. The number of hydrogen-bond acceptors (Lipinski definition) is 2. The third-order valence-corrected chi connectivity index (χ3v) is 3.51. The van der Waals surface area contributed by atoms with Crippen molar-refractivity contribution in [1.82, 2.24) is 4.90 Å². The third-order valence-electron chi connectivity index (χ3n) is 3.51. The maximum Gasteiger partial charge on any atom is 0.0743 e. The summed E-state index contributed by atoms with van der Waals surface area (Å²) >= 11 is 0. The average molecular weight is 199 g/mol. The minimum atomic E-state index is -0.497. The van der Waals surface area contributed by atoms with Gasteiger partial charge in [0.1, 0.15) is 0 Å². The molecule has 1 fully saturated rings. The van der Waals surface area contributed by atoms with Gasteiger partial charge in [-0.25, -0.2) is 0 Å². The number of β-amino-alcohol motifs (C(OH)–C–C–N with tert-alkyl or cyclic N) is 1. The molecule has 1 aliphatic heterocycles. The molecule has 0 bridgehead atoms. The predicted molar refractivity (Wildman–Crippen MR) is 60.3 cm³/mol. The molecule has 0 aromatic carbocycles. The fraction of sp³-hybridized carbons (Fsp3) is 1.00. The maximum atomic E-state index is 9.91. The fourth-order valence-corrected chi connectivity index (χ4v) is 1.84. The van der Waals surface area contributed by atoms with Crippen molar-refractivity contribution < 1.29 is 5.11 Å². The van der Waals surface area contributed by atoms with Crippen molar-refractivity contribution in [3.63, 3.8) is 0 Å². The number of aliphatic hydroxyl groups is 1. The van der Waals surface area contributed by atoms with Crippen LogP contribution in [-0.2, 0) is 0 Å². The van der Waals surface area contributed by atoms with E-state index in [1.54, 1.807) is 0 Å². The molecule has 0 aliphatic carbocycles. The Kier molecular flexibility index (Phi) is 3.27. The van der Waals surface area contributed by atoms with Gasteiger partial charge in [0.15, 0.2) is 0 Å². The van der Waals surface area contributed by atoms with Gasteiger partial charge in [-0.1, -0.05) is 27.7 Å². The molecule has 1 N–H and O–H groups in total. The fourth-order valence-electron chi connectivity index (χ4n) is 1.84. The molecule has 0 amide bonds. The summed E-state index contributed by atoms with van der Waals surface area (Å²) in [6.45, 7) is 14.0. The normalized spacial score (nSPS) is 24.4. The Labute approximate surface area is 88.3 Å². The second-order valence-corrected chi connectivity index (χ2v) is 6.11. The van der Waals surface area contributed by atoms with E-state index in [4.69, 9.17) is 0 Å². The van der Waals surface area contributed by atoms with E-state index in [1.807, 2.05) is 13.8 Å². The van der Waals surface area contributed by atoms with Gasteiger partial charge in [-0.15, -0.1) is 0 Å². The van der Waals surface area contributed by atoms with Gasteiger partial charge in [0.2, 0.25) is 0 Å². The standard InChI is InChI=1S/C12H25NO/c1-6-12(5,14)9-13-7-10(8-13)11(2,3)4/h10,14H,6-9H2,1-5H3. The van der Waals surface area contributed by atoms with Crippen molar-refractivity contribution in [3.8, 4) is 0 Å². The van der Waals surface area contributed by atoms with E-state index < -0.39 is 5.60 Å². The zero-order valence-electron chi connectivity index (χ0n) is 10.3. The molecule has 1 saturated heterocycles. The summed E-state index contributed by atoms with van der Waals surface area (Å²) in [4.78, 5) is 2.36. The van der Waals surface area contributed by atoms with Crippen LogP contribution >= 0.6 is 0 Å². The summed E-state index contributed by atoms with van der Waals surface area (Å²) in [5.74, 6) is 0.801. The first-order chi connectivity index (χ1) is 6.24. The quantitative estimate of drug-likeness (QED) is 0.752. The first-order valence-electron chi connectivity index (χ1n) is 5.69. The second-order valence-electron chi connectivity index (χ2n) is 6.11. The van der Waals surface area contributed by atoms with Crippen LogP contribution in [0, 0.1) is 11.3 Å². The Morgan fingerprint density at radius 3 is 2.07 bits per heavy atom. The van der Waals surface area contributed by atoms with Crippen LogP contribution < -0.4 is 0 Å². The molecule has 1 aliphatic rings. The minimum Gasteiger partial charge on any atom is -0.389 e. The molecule has 1 unspecified atom stereocenters.